The van der Waals surface area contributed by atoms with Gasteiger partial charge in [-0.3, -0.25) is 4.79 Å². The molecule has 0 spiro atoms. The maximum Gasteiger partial charge on any atom is 0.225 e. The van der Waals surface area contributed by atoms with Crippen LogP contribution in [0.1, 0.15) is 13.3 Å². The van der Waals surface area contributed by atoms with Gasteiger partial charge in [-0.2, -0.15) is 0 Å². The van der Waals surface area contributed by atoms with E-state index in [2.05, 4.69) is 15.2 Å². The van der Waals surface area contributed by atoms with E-state index in [1.807, 2.05) is 32.2 Å². The number of pyridine rings is 1. The number of hydrogen-bond acceptors (Lipinski definition) is 4. The molecular weight excluding hydrogens is 216 g/mol. The minimum absolute atomic E-state index is 0.232. The van der Waals surface area contributed by atoms with Gasteiger partial charge >= 0.3 is 0 Å². The number of anilines is 2. The third kappa shape index (κ3) is 2.18. The van der Waals surface area contributed by atoms with Gasteiger partial charge in [0.05, 0.1) is 5.41 Å². The molecule has 0 aromatic carbocycles. The van der Waals surface area contributed by atoms with Gasteiger partial charge in [0.1, 0.15) is 11.6 Å². The largest absolute Gasteiger partial charge is 0.373 e. The highest BCUT2D eigenvalue weighted by molar-refractivity contribution is 5.82. The van der Waals surface area contributed by atoms with Crippen LogP contribution in [-0.4, -0.2) is 31.0 Å². The molecule has 3 N–H and O–H groups in total. The first kappa shape index (κ1) is 11.7. The molecule has 1 aliphatic rings. The molecule has 17 heavy (non-hydrogen) atoms. The predicted molar refractivity (Wildman–Crippen MR) is 67.9 cm³/mol. The van der Waals surface area contributed by atoms with E-state index in [1.54, 1.807) is 0 Å². The molecule has 1 aromatic heterocycles. The zero-order chi connectivity index (χ0) is 12.5. The fraction of sp³-hybridized carbons (Fsp3) is 0.500. The van der Waals surface area contributed by atoms with Crippen molar-refractivity contribution in [2.24, 2.45) is 11.1 Å². The number of primary amides is 1. The van der Waals surface area contributed by atoms with E-state index in [-0.39, 0.29) is 5.91 Å². The second kappa shape index (κ2) is 4.24. The van der Waals surface area contributed by atoms with Crippen molar-refractivity contribution < 1.29 is 4.79 Å². The Hall–Kier alpha value is -1.78. The maximum atomic E-state index is 11.4. The van der Waals surface area contributed by atoms with E-state index >= 15 is 0 Å². The van der Waals surface area contributed by atoms with Crippen LogP contribution in [0.3, 0.4) is 0 Å². The molecule has 1 saturated heterocycles. The molecule has 1 amide bonds. The number of rotatable bonds is 3. The number of nitrogens with zero attached hydrogens (tertiary/aromatic N) is 2. The number of carbonyl (C=O) groups excluding carboxylic acids is 1. The van der Waals surface area contributed by atoms with E-state index < -0.39 is 5.41 Å². The number of carbonyl (C=O) groups is 1. The lowest BCUT2D eigenvalue weighted by molar-refractivity contribution is -0.125. The summed E-state index contributed by atoms with van der Waals surface area (Å²) < 4.78 is 0. The highest BCUT2D eigenvalue weighted by atomic mass is 16.1. The van der Waals surface area contributed by atoms with Crippen molar-refractivity contribution in [1.82, 2.24) is 4.98 Å². The topological polar surface area (TPSA) is 71.2 Å². The van der Waals surface area contributed by atoms with E-state index in [1.165, 1.54) is 0 Å². The van der Waals surface area contributed by atoms with Gasteiger partial charge in [0, 0.05) is 20.1 Å². The monoisotopic (exact) mass is 234 g/mol. The van der Waals surface area contributed by atoms with Crippen molar-refractivity contribution in [3.05, 3.63) is 18.2 Å². The van der Waals surface area contributed by atoms with Gasteiger partial charge in [0.15, 0.2) is 0 Å². The van der Waals surface area contributed by atoms with Crippen LogP contribution in [-0.2, 0) is 4.79 Å². The zero-order valence-electron chi connectivity index (χ0n) is 10.2. The molecule has 1 aromatic rings. The normalized spacial score (nSPS) is 23.8. The summed E-state index contributed by atoms with van der Waals surface area (Å²) in [7, 11) is 1.84. The van der Waals surface area contributed by atoms with Gasteiger partial charge in [0.25, 0.3) is 0 Å². The number of aromatic nitrogens is 1. The lowest BCUT2D eigenvalue weighted by atomic mass is 9.89. The first-order chi connectivity index (χ1) is 8.05. The maximum absolute atomic E-state index is 11.4. The van der Waals surface area contributed by atoms with E-state index in [9.17, 15) is 4.79 Å². The highest BCUT2D eigenvalue weighted by Gasteiger charge is 2.39. The van der Waals surface area contributed by atoms with E-state index in [0.717, 1.165) is 24.6 Å². The summed E-state index contributed by atoms with van der Waals surface area (Å²) in [6, 6.07) is 5.81. The standard InChI is InChI=1S/C12H18N4O/c1-12(11(13)17)6-7-16(8-12)10-5-3-4-9(14-2)15-10/h3-5H,6-8H2,1-2H3,(H2,13,17)(H,14,15). The lowest BCUT2D eigenvalue weighted by Crippen LogP contribution is -2.37. The van der Waals surface area contributed by atoms with Crippen LogP contribution in [0.5, 0.6) is 0 Å². The number of nitrogens with two attached hydrogens (primary N) is 1. The molecule has 0 saturated carbocycles. The molecule has 5 nitrogen and oxygen atoms in total. The quantitative estimate of drug-likeness (QED) is 0.812. The van der Waals surface area contributed by atoms with Crippen molar-refractivity contribution in [3.8, 4) is 0 Å². The summed E-state index contributed by atoms with van der Waals surface area (Å²) in [6.07, 6.45) is 0.786. The Bertz CT molecular complexity index is 434. The van der Waals surface area contributed by atoms with Crippen molar-refractivity contribution in [1.29, 1.82) is 0 Å². The van der Waals surface area contributed by atoms with Gasteiger partial charge in [-0.15, -0.1) is 0 Å². The fourth-order valence-corrected chi connectivity index (χ4v) is 2.10. The van der Waals surface area contributed by atoms with E-state index in [4.69, 9.17) is 5.73 Å². The highest BCUT2D eigenvalue weighted by Crippen LogP contribution is 2.32. The first-order valence-corrected chi connectivity index (χ1v) is 5.75. The van der Waals surface area contributed by atoms with Crippen molar-refractivity contribution in [2.75, 3.05) is 30.4 Å². The number of amides is 1. The molecule has 1 atom stereocenters. The van der Waals surface area contributed by atoms with Crippen LogP contribution in [0.2, 0.25) is 0 Å². The van der Waals surface area contributed by atoms with Gasteiger partial charge in [-0.05, 0) is 25.5 Å². The Kier molecular flexibility index (Phi) is 2.92. The number of hydrogen-bond donors (Lipinski definition) is 2. The van der Waals surface area contributed by atoms with Crippen LogP contribution < -0.4 is 16.0 Å². The van der Waals surface area contributed by atoms with Crippen LogP contribution in [0.4, 0.5) is 11.6 Å². The molecule has 0 radical (unpaired) electrons. The Morgan fingerprint density at radius 2 is 2.35 bits per heavy atom. The molecule has 5 heteroatoms. The summed E-state index contributed by atoms with van der Waals surface area (Å²) >= 11 is 0. The average molecular weight is 234 g/mol. The van der Waals surface area contributed by atoms with E-state index in [0.29, 0.717) is 6.54 Å². The minimum Gasteiger partial charge on any atom is -0.373 e. The van der Waals surface area contributed by atoms with Crippen LogP contribution in [0.25, 0.3) is 0 Å². The molecule has 1 fully saturated rings. The molecule has 2 heterocycles. The van der Waals surface area contributed by atoms with Crippen molar-refractivity contribution >= 4 is 17.5 Å². The SMILES string of the molecule is CNc1cccc(N2CCC(C)(C(N)=O)C2)n1. The van der Waals surface area contributed by atoms with Crippen molar-refractivity contribution in [2.45, 2.75) is 13.3 Å². The van der Waals surface area contributed by atoms with Gasteiger partial charge < -0.3 is 16.0 Å². The third-order valence-corrected chi connectivity index (χ3v) is 3.38. The van der Waals surface area contributed by atoms with Gasteiger partial charge in [-0.1, -0.05) is 6.07 Å². The molecule has 2 rings (SSSR count). The molecule has 0 bridgehead atoms. The first-order valence-electron chi connectivity index (χ1n) is 5.75. The van der Waals surface area contributed by atoms with Crippen molar-refractivity contribution in [3.63, 3.8) is 0 Å². The minimum atomic E-state index is -0.433. The summed E-state index contributed by atoms with van der Waals surface area (Å²) in [4.78, 5) is 17.9. The Morgan fingerprint density at radius 1 is 1.59 bits per heavy atom. The lowest BCUT2D eigenvalue weighted by Gasteiger charge is -2.22. The molecule has 92 valence electrons. The molecule has 1 unspecified atom stereocenters. The molecular formula is C12H18N4O. The third-order valence-electron chi connectivity index (χ3n) is 3.38. The predicted octanol–water partition coefficient (Wildman–Crippen LogP) is 0.825. The Morgan fingerprint density at radius 3 is 2.94 bits per heavy atom. The summed E-state index contributed by atoms with van der Waals surface area (Å²) in [5, 5.41) is 3.00. The van der Waals surface area contributed by atoms with Crippen LogP contribution in [0.15, 0.2) is 18.2 Å². The Balaban J connectivity index is 2.17. The Labute approximate surface area is 101 Å². The number of nitrogens with one attached hydrogen (secondary N) is 1. The van der Waals surface area contributed by atoms with Gasteiger partial charge in [0.2, 0.25) is 5.91 Å². The van der Waals surface area contributed by atoms with Crippen LogP contribution in [0, 0.1) is 5.41 Å². The zero-order valence-corrected chi connectivity index (χ0v) is 10.2. The second-order valence-corrected chi connectivity index (χ2v) is 4.73. The summed E-state index contributed by atoms with van der Waals surface area (Å²) in [5.74, 6) is 1.49. The summed E-state index contributed by atoms with van der Waals surface area (Å²) in [6.45, 7) is 3.37. The molecule has 1 aliphatic heterocycles. The smallest absolute Gasteiger partial charge is 0.225 e. The summed E-state index contributed by atoms with van der Waals surface area (Å²) in [5.41, 5.74) is 5.00. The fourth-order valence-electron chi connectivity index (χ4n) is 2.10. The second-order valence-electron chi connectivity index (χ2n) is 4.73. The van der Waals surface area contributed by atoms with Gasteiger partial charge in [-0.25, -0.2) is 4.98 Å². The van der Waals surface area contributed by atoms with Crippen LogP contribution >= 0.6 is 0 Å². The molecule has 0 aliphatic carbocycles. The average Bonchev–Trinajstić information content (AvgIpc) is 2.74.